The molecule has 1 atom stereocenters. The quantitative estimate of drug-likeness (QED) is 0.463. The molecule has 5 nitrogen and oxygen atoms in total. The summed E-state index contributed by atoms with van der Waals surface area (Å²) in [7, 11) is 0. The molecule has 2 N–H and O–H groups in total. The largest absolute Gasteiger partial charge is 0.450 e. The smallest absolute Gasteiger partial charge is 0.311 e. The number of ether oxygens (including phenoxy) is 2. The van der Waals surface area contributed by atoms with Gasteiger partial charge in [0.2, 0.25) is 0 Å². The van der Waals surface area contributed by atoms with Gasteiger partial charge in [0.05, 0.1) is 5.92 Å². The van der Waals surface area contributed by atoms with E-state index in [0.717, 1.165) is 0 Å². The van der Waals surface area contributed by atoms with Crippen molar-refractivity contribution in [3.05, 3.63) is 0 Å². The predicted octanol–water partition coefficient (Wildman–Crippen LogP) is 0.0547. The SMILES string of the molecule is CCOCCC(CN)C(=O)OCC#N. The highest BCUT2D eigenvalue weighted by Gasteiger charge is 2.17. The zero-order valence-electron chi connectivity index (χ0n) is 8.36. The lowest BCUT2D eigenvalue weighted by Crippen LogP contribution is -2.27. The van der Waals surface area contributed by atoms with E-state index in [1.165, 1.54) is 0 Å². The molecule has 0 aromatic rings. The van der Waals surface area contributed by atoms with Gasteiger partial charge in [-0.2, -0.15) is 5.26 Å². The molecule has 0 rings (SSSR count). The van der Waals surface area contributed by atoms with Crippen molar-refractivity contribution in [2.24, 2.45) is 11.7 Å². The first-order chi connectivity index (χ1) is 6.76. The molecule has 0 radical (unpaired) electrons. The summed E-state index contributed by atoms with van der Waals surface area (Å²) in [4.78, 5) is 11.2. The van der Waals surface area contributed by atoms with Crippen LogP contribution in [0, 0.1) is 17.2 Å². The topological polar surface area (TPSA) is 85.3 Å². The minimum Gasteiger partial charge on any atom is -0.450 e. The van der Waals surface area contributed by atoms with Gasteiger partial charge in [-0.25, -0.2) is 0 Å². The standard InChI is InChI=1S/C9H16N2O3/c1-2-13-5-3-8(7-11)9(12)14-6-4-10/h8H,2-3,5-7,11H2,1H3. The maximum atomic E-state index is 11.2. The highest BCUT2D eigenvalue weighted by Crippen LogP contribution is 2.04. The maximum Gasteiger partial charge on any atom is 0.311 e. The molecule has 0 saturated carbocycles. The number of carbonyl (C=O) groups excluding carboxylic acids is 1. The summed E-state index contributed by atoms with van der Waals surface area (Å²) in [6, 6.07) is 1.73. The summed E-state index contributed by atoms with van der Waals surface area (Å²) < 4.78 is 9.73. The van der Waals surface area contributed by atoms with Crippen LogP contribution in [0.15, 0.2) is 0 Å². The first kappa shape index (κ1) is 12.9. The Kier molecular flexibility index (Phi) is 7.80. The van der Waals surface area contributed by atoms with Crippen LogP contribution in [-0.2, 0) is 14.3 Å². The maximum absolute atomic E-state index is 11.2. The first-order valence-corrected chi connectivity index (χ1v) is 4.57. The van der Waals surface area contributed by atoms with Crippen molar-refractivity contribution in [3.63, 3.8) is 0 Å². The van der Waals surface area contributed by atoms with Crippen LogP contribution in [0.4, 0.5) is 0 Å². The molecule has 80 valence electrons. The molecule has 0 aliphatic rings. The molecule has 0 aromatic carbocycles. The lowest BCUT2D eigenvalue weighted by molar-refractivity contribution is -0.147. The fourth-order valence-corrected chi connectivity index (χ4v) is 0.923. The van der Waals surface area contributed by atoms with Gasteiger partial charge in [-0.1, -0.05) is 0 Å². The number of nitrogens with two attached hydrogens (primary N) is 1. The van der Waals surface area contributed by atoms with Gasteiger partial charge >= 0.3 is 5.97 Å². The minimum atomic E-state index is -0.422. The molecule has 0 aliphatic heterocycles. The van der Waals surface area contributed by atoms with Gasteiger partial charge < -0.3 is 15.2 Å². The fourth-order valence-electron chi connectivity index (χ4n) is 0.923. The number of hydrogen-bond donors (Lipinski definition) is 1. The van der Waals surface area contributed by atoms with E-state index in [0.29, 0.717) is 19.6 Å². The molecular formula is C9H16N2O3. The summed E-state index contributed by atoms with van der Waals surface area (Å²) in [5.74, 6) is -0.788. The zero-order valence-corrected chi connectivity index (χ0v) is 8.36. The summed E-state index contributed by atoms with van der Waals surface area (Å²) in [5.41, 5.74) is 5.39. The second-order valence-electron chi connectivity index (χ2n) is 2.68. The Morgan fingerprint density at radius 2 is 2.36 bits per heavy atom. The zero-order chi connectivity index (χ0) is 10.8. The van der Waals surface area contributed by atoms with E-state index in [1.807, 2.05) is 6.92 Å². The number of esters is 1. The Morgan fingerprint density at radius 1 is 1.64 bits per heavy atom. The van der Waals surface area contributed by atoms with Crippen LogP contribution in [0.3, 0.4) is 0 Å². The van der Waals surface area contributed by atoms with Gasteiger partial charge in [0.25, 0.3) is 0 Å². The molecule has 0 fully saturated rings. The monoisotopic (exact) mass is 200 g/mol. The van der Waals surface area contributed by atoms with E-state index in [-0.39, 0.29) is 19.1 Å². The molecule has 0 spiro atoms. The fraction of sp³-hybridized carbons (Fsp3) is 0.778. The average molecular weight is 200 g/mol. The second-order valence-corrected chi connectivity index (χ2v) is 2.68. The van der Waals surface area contributed by atoms with Crippen LogP contribution in [0.5, 0.6) is 0 Å². The van der Waals surface area contributed by atoms with Crippen LogP contribution in [0.25, 0.3) is 0 Å². The van der Waals surface area contributed by atoms with Gasteiger partial charge in [0.1, 0.15) is 6.07 Å². The molecule has 0 saturated heterocycles. The molecule has 0 bridgehead atoms. The normalized spacial score (nSPS) is 11.8. The predicted molar refractivity (Wildman–Crippen MR) is 50.2 cm³/mol. The van der Waals surface area contributed by atoms with Crippen LogP contribution in [0.2, 0.25) is 0 Å². The molecular weight excluding hydrogens is 184 g/mol. The highest BCUT2D eigenvalue weighted by atomic mass is 16.5. The van der Waals surface area contributed by atoms with Gasteiger partial charge in [0, 0.05) is 19.8 Å². The Labute approximate surface area is 83.8 Å². The number of nitriles is 1. The highest BCUT2D eigenvalue weighted by molar-refractivity contribution is 5.72. The Hall–Kier alpha value is -1.12. The molecule has 5 heteroatoms. The minimum absolute atomic E-state index is 0.218. The van der Waals surface area contributed by atoms with Gasteiger partial charge in [0.15, 0.2) is 6.61 Å². The lowest BCUT2D eigenvalue weighted by atomic mass is 10.1. The van der Waals surface area contributed by atoms with Gasteiger partial charge in [-0.15, -0.1) is 0 Å². The van der Waals surface area contributed by atoms with E-state index in [2.05, 4.69) is 4.74 Å². The molecule has 0 amide bonds. The number of nitrogens with zero attached hydrogens (tertiary/aromatic N) is 1. The Morgan fingerprint density at radius 3 is 2.86 bits per heavy atom. The van der Waals surface area contributed by atoms with Crippen LogP contribution in [-0.4, -0.2) is 32.3 Å². The van der Waals surface area contributed by atoms with Crippen LogP contribution in [0.1, 0.15) is 13.3 Å². The van der Waals surface area contributed by atoms with Crippen LogP contribution < -0.4 is 5.73 Å². The van der Waals surface area contributed by atoms with Crippen molar-refractivity contribution in [2.75, 3.05) is 26.4 Å². The van der Waals surface area contributed by atoms with E-state index in [1.54, 1.807) is 6.07 Å². The van der Waals surface area contributed by atoms with Gasteiger partial charge in [-0.3, -0.25) is 4.79 Å². The first-order valence-electron chi connectivity index (χ1n) is 4.57. The summed E-state index contributed by atoms with van der Waals surface area (Å²) >= 11 is 0. The van der Waals surface area contributed by atoms with Crippen molar-refractivity contribution in [2.45, 2.75) is 13.3 Å². The number of hydrogen-bond acceptors (Lipinski definition) is 5. The van der Waals surface area contributed by atoms with Crippen molar-refractivity contribution in [3.8, 4) is 6.07 Å². The third kappa shape index (κ3) is 5.51. The van der Waals surface area contributed by atoms with Crippen molar-refractivity contribution in [1.82, 2.24) is 0 Å². The molecule has 14 heavy (non-hydrogen) atoms. The molecule has 0 aromatic heterocycles. The summed E-state index contributed by atoms with van der Waals surface area (Å²) in [6.07, 6.45) is 0.536. The molecule has 0 aliphatic carbocycles. The second kappa shape index (κ2) is 8.48. The van der Waals surface area contributed by atoms with Crippen molar-refractivity contribution < 1.29 is 14.3 Å². The average Bonchev–Trinajstić information content (AvgIpc) is 2.21. The Balaban J connectivity index is 3.76. The van der Waals surface area contributed by atoms with E-state index in [9.17, 15) is 4.79 Å². The third-order valence-corrected chi connectivity index (χ3v) is 1.71. The summed E-state index contributed by atoms with van der Waals surface area (Å²) in [6.45, 7) is 2.98. The van der Waals surface area contributed by atoms with Crippen molar-refractivity contribution in [1.29, 1.82) is 5.26 Å². The van der Waals surface area contributed by atoms with E-state index >= 15 is 0 Å². The number of rotatable bonds is 7. The number of carbonyl (C=O) groups is 1. The van der Waals surface area contributed by atoms with Gasteiger partial charge in [-0.05, 0) is 13.3 Å². The third-order valence-electron chi connectivity index (χ3n) is 1.71. The van der Waals surface area contributed by atoms with Crippen LogP contribution >= 0.6 is 0 Å². The van der Waals surface area contributed by atoms with Crippen molar-refractivity contribution >= 4 is 5.97 Å². The molecule has 0 heterocycles. The van der Waals surface area contributed by atoms with E-state index < -0.39 is 5.97 Å². The summed E-state index contributed by atoms with van der Waals surface area (Å²) in [5, 5.41) is 8.20. The lowest BCUT2D eigenvalue weighted by Gasteiger charge is -2.12. The Bertz CT molecular complexity index is 201. The van der Waals surface area contributed by atoms with E-state index in [4.69, 9.17) is 15.7 Å². The molecule has 1 unspecified atom stereocenters.